The zero-order valence-electron chi connectivity index (χ0n) is 26.7. The Hall–Kier alpha value is -4.95. The molecule has 0 N–H and O–H groups in total. The third-order valence-electron chi connectivity index (χ3n) is 13.9. The SMILES string of the molecule is Fc1cccc(-c2ccc(-n3c4ccccc4c4c(-c5cccc6c5-c5ccccc5C65C6CC7CC8CC5C86C7)cccc43)cc2)c1. The molecule has 1 aromatic heterocycles. The highest BCUT2D eigenvalue weighted by Crippen LogP contribution is 2.89. The summed E-state index contributed by atoms with van der Waals surface area (Å²) >= 11 is 0. The van der Waals surface area contributed by atoms with Crippen molar-refractivity contribution in [3.8, 4) is 39.1 Å². The number of para-hydroxylation sites is 1. The monoisotopic (exact) mass is 619 g/mol. The number of nitrogens with zero attached hydrogens (tertiary/aromatic N) is 1. The van der Waals surface area contributed by atoms with E-state index in [1.165, 1.54) is 75.8 Å². The van der Waals surface area contributed by atoms with Gasteiger partial charge in [0.25, 0.3) is 0 Å². The van der Waals surface area contributed by atoms with Gasteiger partial charge in [-0.2, -0.15) is 0 Å². The summed E-state index contributed by atoms with van der Waals surface area (Å²) in [6.07, 6.45) is 5.84. The summed E-state index contributed by atoms with van der Waals surface area (Å²) < 4.78 is 16.4. The number of halogens is 1. The van der Waals surface area contributed by atoms with Crippen molar-refractivity contribution in [1.82, 2.24) is 4.57 Å². The summed E-state index contributed by atoms with van der Waals surface area (Å²) in [5, 5.41) is 2.58. The maximum absolute atomic E-state index is 14.0. The molecule has 2 heteroatoms. The maximum atomic E-state index is 14.0. The van der Waals surface area contributed by atoms with Crippen LogP contribution in [0.3, 0.4) is 0 Å². The number of hydrogen-bond donors (Lipinski definition) is 0. The van der Waals surface area contributed by atoms with Crippen LogP contribution < -0.4 is 0 Å². The quantitative estimate of drug-likeness (QED) is 0.185. The van der Waals surface area contributed by atoms with E-state index in [-0.39, 0.29) is 11.2 Å². The maximum Gasteiger partial charge on any atom is 0.123 e. The van der Waals surface area contributed by atoms with E-state index in [0.29, 0.717) is 5.41 Å². The molecule has 230 valence electrons. The molecule has 5 aliphatic rings. The number of benzene rings is 6. The van der Waals surface area contributed by atoms with Crippen LogP contribution in [0.2, 0.25) is 0 Å². The smallest absolute Gasteiger partial charge is 0.123 e. The minimum atomic E-state index is -0.211. The predicted octanol–water partition coefficient (Wildman–Crippen LogP) is 11.6. The average Bonchev–Trinajstić information content (AvgIpc) is 3.84. The summed E-state index contributed by atoms with van der Waals surface area (Å²) in [5.74, 6) is 3.33. The Morgan fingerprint density at radius 3 is 2.21 bits per heavy atom. The lowest BCUT2D eigenvalue weighted by atomic mass is 9.27. The summed E-state index contributed by atoms with van der Waals surface area (Å²) in [7, 11) is 0. The van der Waals surface area contributed by atoms with Gasteiger partial charge in [-0.15, -0.1) is 0 Å². The molecule has 4 saturated carbocycles. The Bertz CT molecular complexity index is 2520. The first kappa shape index (κ1) is 26.1. The van der Waals surface area contributed by atoms with E-state index >= 15 is 0 Å². The van der Waals surface area contributed by atoms with Crippen molar-refractivity contribution in [1.29, 1.82) is 0 Å². The zero-order chi connectivity index (χ0) is 31.4. The molecule has 0 amide bonds. The van der Waals surface area contributed by atoms with Crippen molar-refractivity contribution in [3.63, 3.8) is 0 Å². The van der Waals surface area contributed by atoms with Crippen LogP contribution in [-0.4, -0.2) is 4.57 Å². The highest BCUT2D eigenvalue weighted by Gasteiger charge is 2.84. The Balaban J connectivity index is 1.08. The second kappa shape index (κ2) is 8.74. The molecule has 1 nitrogen and oxygen atoms in total. The van der Waals surface area contributed by atoms with Crippen LogP contribution in [0.1, 0.15) is 36.8 Å². The molecule has 2 spiro atoms. The van der Waals surface area contributed by atoms with Gasteiger partial charge in [0.15, 0.2) is 0 Å². The van der Waals surface area contributed by atoms with Gasteiger partial charge in [-0.05, 0) is 136 Å². The van der Waals surface area contributed by atoms with Gasteiger partial charge in [0.2, 0.25) is 0 Å². The van der Waals surface area contributed by atoms with E-state index in [0.717, 1.165) is 40.5 Å². The van der Waals surface area contributed by atoms with Crippen LogP contribution in [0.4, 0.5) is 4.39 Å². The van der Waals surface area contributed by atoms with Crippen molar-refractivity contribution < 1.29 is 4.39 Å². The highest BCUT2D eigenvalue weighted by atomic mass is 19.1. The molecule has 6 unspecified atom stereocenters. The largest absolute Gasteiger partial charge is 0.309 e. The van der Waals surface area contributed by atoms with Gasteiger partial charge in [0.05, 0.1) is 11.0 Å². The Kier molecular flexibility index (Phi) is 4.74. The molecule has 6 atom stereocenters. The first-order valence-corrected chi connectivity index (χ1v) is 17.8. The normalized spacial score (nSPS) is 28.4. The molecular formula is C46H34FN. The van der Waals surface area contributed by atoms with Crippen LogP contribution >= 0.6 is 0 Å². The summed E-state index contributed by atoms with van der Waals surface area (Å²) in [6.45, 7) is 0. The summed E-state index contributed by atoms with van der Waals surface area (Å²) in [4.78, 5) is 0. The van der Waals surface area contributed by atoms with Crippen LogP contribution in [0.15, 0.2) is 133 Å². The topological polar surface area (TPSA) is 4.93 Å². The van der Waals surface area contributed by atoms with Crippen molar-refractivity contribution in [2.24, 2.45) is 29.1 Å². The molecule has 7 aromatic rings. The van der Waals surface area contributed by atoms with E-state index in [9.17, 15) is 4.39 Å². The third kappa shape index (κ3) is 2.85. The van der Waals surface area contributed by atoms with Gasteiger partial charge in [-0.3, -0.25) is 0 Å². The van der Waals surface area contributed by atoms with Crippen molar-refractivity contribution >= 4 is 21.8 Å². The standard InChI is InChI=1S/C46H34FN/c47-31-9-5-8-29(24-31)28-18-20-32(21-19-28)48-39-16-4-2-11-36(39)44-34(13-7-17-40(44)48)33-12-6-15-38-43(33)35-10-1-3-14-37(35)46(38)41-23-27-22-30-25-42(46)45(30,41)26-27/h1-21,24,27,30,41-42H,22-23,25-26H2. The van der Waals surface area contributed by atoms with Crippen molar-refractivity contribution in [2.75, 3.05) is 0 Å². The number of hydrogen-bond acceptors (Lipinski definition) is 0. The first-order chi connectivity index (χ1) is 23.7. The van der Waals surface area contributed by atoms with Gasteiger partial charge < -0.3 is 4.57 Å². The third-order valence-corrected chi connectivity index (χ3v) is 13.9. The van der Waals surface area contributed by atoms with Gasteiger partial charge >= 0.3 is 0 Å². The number of aromatic nitrogens is 1. The summed E-state index contributed by atoms with van der Waals surface area (Å²) in [5.41, 5.74) is 15.1. The van der Waals surface area contributed by atoms with Crippen LogP contribution in [0, 0.1) is 34.9 Å². The molecule has 12 rings (SSSR count). The summed E-state index contributed by atoms with van der Waals surface area (Å²) in [6, 6.07) is 47.9. The average molecular weight is 620 g/mol. The second-order valence-corrected chi connectivity index (χ2v) is 15.4. The van der Waals surface area contributed by atoms with Gasteiger partial charge in [0, 0.05) is 21.9 Å². The van der Waals surface area contributed by atoms with Crippen LogP contribution in [0.5, 0.6) is 0 Å². The van der Waals surface area contributed by atoms with Gasteiger partial charge in [0.1, 0.15) is 5.82 Å². The minimum Gasteiger partial charge on any atom is -0.309 e. The number of fused-ring (bicyclic) bond motifs is 11. The molecule has 48 heavy (non-hydrogen) atoms. The zero-order valence-corrected chi connectivity index (χ0v) is 26.7. The Morgan fingerprint density at radius 1 is 0.583 bits per heavy atom. The van der Waals surface area contributed by atoms with Crippen LogP contribution in [-0.2, 0) is 5.41 Å². The molecule has 5 aliphatic carbocycles. The molecular weight excluding hydrogens is 586 g/mol. The molecule has 0 saturated heterocycles. The van der Waals surface area contributed by atoms with E-state index < -0.39 is 0 Å². The predicted molar refractivity (Wildman–Crippen MR) is 193 cm³/mol. The number of rotatable bonds is 3. The Morgan fingerprint density at radius 2 is 1.31 bits per heavy atom. The van der Waals surface area contributed by atoms with Gasteiger partial charge in [-0.25, -0.2) is 4.39 Å². The van der Waals surface area contributed by atoms with Crippen molar-refractivity contribution in [3.05, 3.63) is 150 Å². The lowest BCUT2D eigenvalue weighted by Gasteiger charge is -2.76. The fraction of sp³-hybridized carbons (Fsp3) is 0.217. The highest BCUT2D eigenvalue weighted by molar-refractivity contribution is 6.17. The first-order valence-electron chi connectivity index (χ1n) is 17.8. The van der Waals surface area contributed by atoms with Gasteiger partial charge in [-0.1, -0.05) is 97.1 Å². The lowest BCUT2D eigenvalue weighted by Crippen LogP contribution is -2.73. The fourth-order valence-corrected chi connectivity index (χ4v) is 12.6. The van der Waals surface area contributed by atoms with E-state index in [1.54, 1.807) is 23.3 Å². The van der Waals surface area contributed by atoms with Crippen molar-refractivity contribution in [2.45, 2.75) is 31.1 Å². The molecule has 2 bridgehead atoms. The Labute approximate surface area is 279 Å². The molecule has 1 heterocycles. The van der Waals surface area contributed by atoms with E-state index in [1.807, 2.05) is 6.07 Å². The molecule has 6 aromatic carbocycles. The van der Waals surface area contributed by atoms with E-state index in [4.69, 9.17) is 0 Å². The van der Waals surface area contributed by atoms with Crippen LogP contribution in [0.25, 0.3) is 60.9 Å². The van der Waals surface area contributed by atoms with E-state index in [2.05, 4.69) is 114 Å². The minimum absolute atomic E-state index is 0.193. The lowest BCUT2D eigenvalue weighted by molar-refractivity contribution is -0.231. The second-order valence-electron chi connectivity index (χ2n) is 15.4. The molecule has 0 aliphatic heterocycles. The molecule has 0 radical (unpaired) electrons. The fourth-order valence-electron chi connectivity index (χ4n) is 12.6. The molecule has 4 fully saturated rings.